The van der Waals surface area contributed by atoms with Crippen LogP contribution in [0.1, 0.15) is 5.56 Å². The minimum absolute atomic E-state index is 0.494. The van der Waals surface area contributed by atoms with Crippen LogP contribution in [0.2, 0.25) is 0 Å². The zero-order chi connectivity index (χ0) is 13.9. The minimum Gasteiger partial charge on any atom is -0.277 e. The fourth-order valence-electron chi connectivity index (χ4n) is 2.18. The molecule has 0 aliphatic carbocycles. The number of rotatable bonds is 3. The smallest absolute Gasteiger partial charge is 0.245 e. The van der Waals surface area contributed by atoms with Gasteiger partial charge in [0.25, 0.3) is 0 Å². The van der Waals surface area contributed by atoms with E-state index in [1.807, 2.05) is 48.5 Å². The maximum absolute atomic E-state index is 10.9. The average molecular weight is 283 g/mol. The molecule has 0 aliphatic rings. The molecule has 0 unspecified atom stereocenters. The number of hydrogen-bond acceptors (Lipinski definition) is 2. The number of benzene rings is 2. The molecule has 0 saturated heterocycles. The van der Waals surface area contributed by atoms with Gasteiger partial charge < -0.3 is 0 Å². The zero-order valence-corrected chi connectivity index (χ0v) is 11.3. The summed E-state index contributed by atoms with van der Waals surface area (Å²) in [7, 11) is 0. The Morgan fingerprint density at radius 2 is 1.85 bits per heavy atom. The van der Waals surface area contributed by atoms with Crippen molar-refractivity contribution in [1.82, 2.24) is 10.2 Å². The number of hydrogen-bond donors (Lipinski definition) is 1. The topological polar surface area (TPSA) is 45.8 Å². The molecule has 0 spiro atoms. The predicted molar refractivity (Wildman–Crippen MR) is 81.4 cm³/mol. The van der Waals surface area contributed by atoms with Crippen LogP contribution in [0.25, 0.3) is 28.2 Å². The number of allylic oxidation sites excluding steroid dienone is 1. The van der Waals surface area contributed by atoms with Gasteiger partial charge in [0.1, 0.15) is 5.69 Å². The Morgan fingerprint density at radius 1 is 1.10 bits per heavy atom. The van der Waals surface area contributed by atoms with E-state index in [2.05, 4.69) is 10.2 Å². The van der Waals surface area contributed by atoms with E-state index in [1.165, 1.54) is 6.08 Å². The Balaban J connectivity index is 2.17. The molecular formula is C16H11ClN2O. The number of nitrogens with zero attached hydrogens (tertiary/aromatic N) is 1. The van der Waals surface area contributed by atoms with Gasteiger partial charge in [0.05, 0.1) is 5.52 Å². The van der Waals surface area contributed by atoms with Crippen molar-refractivity contribution >= 4 is 33.8 Å². The summed E-state index contributed by atoms with van der Waals surface area (Å²) in [6.45, 7) is 0. The molecule has 98 valence electrons. The van der Waals surface area contributed by atoms with Crippen molar-refractivity contribution in [2.24, 2.45) is 0 Å². The second-order valence-electron chi connectivity index (χ2n) is 4.34. The first-order valence-electron chi connectivity index (χ1n) is 6.16. The SMILES string of the molecule is O=C(Cl)C=Cc1ccccc1-c1n[nH]c2ccccc12. The lowest BCUT2D eigenvalue weighted by molar-refractivity contribution is -0.107. The molecule has 1 N–H and O–H groups in total. The summed E-state index contributed by atoms with van der Waals surface area (Å²) < 4.78 is 0. The number of para-hydroxylation sites is 1. The van der Waals surface area contributed by atoms with Crippen molar-refractivity contribution in [1.29, 1.82) is 0 Å². The van der Waals surface area contributed by atoms with E-state index in [4.69, 9.17) is 11.6 Å². The van der Waals surface area contributed by atoms with E-state index in [1.54, 1.807) is 6.08 Å². The molecule has 20 heavy (non-hydrogen) atoms. The Bertz CT molecular complexity index is 805. The molecule has 0 atom stereocenters. The first-order valence-corrected chi connectivity index (χ1v) is 6.53. The molecule has 0 bridgehead atoms. The minimum atomic E-state index is -0.494. The van der Waals surface area contributed by atoms with E-state index < -0.39 is 5.24 Å². The van der Waals surface area contributed by atoms with Crippen LogP contribution >= 0.6 is 11.6 Å². The number of aromatic nitrogens is 2. The molecule has 4 heteroatoms. The number of nitrogens with one attached hydrogen (secondary N) is 1. The van der Waals surface area contributed by atoms with Gasteiger partial charge in [-0.1, -0.05) is 42.5 Å². The molecular weight excluding hydrogens is 272 g/mol. The molecule has 0 saturated carbocycles. The molecule has 1 heterocycles. The van der Waals surface area contributed by atoms with Crippen LogP contribution < -0.4 is 0 Å². The van der Waals surface area contributed by atoms with Gasteiger partial charge in [-0.2, -0.15) is 5.10 Å². The first kappa shape index (κ1) is 12.6. The standard InChI is InChI=1S/C16H11ClN2O/c17-15(20)10-9-11-5-1-2-6-12(11)16-13-7-3-4-8-14(13)18-19-16/h1-10H,(H,18,19). The van der Waals surface area contributed by atoms with Crippen molar-refractivity contribution in [3.8, 4) is 11.3 Å². The van der Waals surface area contributed by atoms with Gasteiger partial charge in [-0.25, -0.2) is 0 Å². The molecule has 0 amide bonds. The highest BCUT2D eigenvalue weighted by Crippen LogP contribution is 2.29. The highest BCUT2D eigenvalue weighted by molar-refractivity contribution is 6.66. The lowest BCUT2D eigenvalue weighted by atomic mass is 10.0. The summed E-state index contributed by atoms with van der Waals surface area (Å²) in [5.74, 6) is 0. The molecule has 2 aromatic carbocycles. The van der Waals surface area contributed by atoms with Crippen molar-refractivity contribution in [2.45, 2.75) is 0 Å². The van der Waals surface area contributed by atoms with Gasteiger partial charge in [-0.15, -0.1) is 0 Å². The third-order valence-electron chi connectivity index (χ3n) is 3.08. The summed E-state index contributed by atoms with van der Waals surface area (Å²) >= 11 is 5.35. The zero-order valence-electron chi connectivity index (χ0n) is 10.5. The maximum atomic E-state index is 10.9. The number of carbonyl (C=O) groups excluding carboxylic acids is 1. The van der Waals surface area contributed by atoms with Gasteiger partial charge in [0.2, 0.25) is 5.24 Å². The number of aromatic amines is 1. The molecule has 3 rings (SSSR count). The van der Waals surface area contributed by atoms with E-state index in [0.717, 1.165) is 27.7 Å². The van der Waals surface area contributed by atoms with E-state index in [9.17, 15) is 4.79 Å². The highest BCUT2D eigenvalue weighted by atomic mass is 35.5. The molecule has 3 nitrogen and oxygen atoms in total. The predicted octanol–water partition coefficient (Wildman–Crippen LogP) is 4.01. The number of fused-ring (bicyclic) bond motifs is 1. The lowest BCUT2D eigenvalue weighted by Crippen LogP contribution is -1.85. The maximum Gasteiger partial charge on any atom is 0.245 e. The van der Waals surface area contributed by atoms with Crippen LogP contribution in [0.15, 0.2) is 54.6 Å². The van der Waals surface area contributed by atoms with Gasteiger partial charge in [-0.05, 0) is 35.4 Å². The molecule has 0 fully saturated rings. The van der Waals surface area contributed by atoms with Crippen LogP contribution in [-0.4, -0.2) is 15.4 Å². The normalized spacial score (nSPS) is 11.2. The number of halogens is 1. The largest absolute Gasteiger partial charge is 0.277 e. The van der Waals surface area contributed by atoms with Gasteiger partial charge in [0.15, 0.2) is 0 Å². The van der Waals surface area contributed by atoms with E-state index >= 15 is 0 Å². The second-order valence-corrected chi connectivity index (χ2v) is 4.72. The van der Waals surface area contributed by atoms with Crippen LogP contribution in [0.3, 0.4) is 0 Å². The third kappa shape index (κ3) is 2.36. The third-order valence-corrected chi connectivity index (χ3v) is 3.21. The Morgan fingerprint density at radius 3 is 2.70 bits per heavy atom. The monoisotopic (exact) mass is 282 g/mol. The first-order chi connectivity index (χ1) is 9.75. The van der Waals surface area contributed by atoms with Crippen molar-refractivity contribution in [2.75, 3.05) is 0 Å². The molecule has 0 aliphatic heterocycles. The van der Waals surface area contributed by atoms with Crippen LogP contribution in [0.4, 0.5) is 0 Å². The average Bonchev–Trinajstić information content (AvgIpc) is 2.89. The van der Waals surface area contributed by atoms with Crippen molar-refractivity contribution < 1.29 is 4.79 Å². The fourth-order valence-corrected chi connectivity index (χ4v) is 2.25. The molecule has 0 radical (unpaired) electrons. The Kier molecular flexibility index (Phi) is 3.35. The number of carbonyl (C=O) groups is 1. The van der Waals surface area contributed by atoms with Crippen molar-refractivity contribution in [3.63, 3.8) is 0 Å². The summed E-state index contributed by atoms with van der Waals surface area (Å²) in [5.41, 5.74) is 3.70. The lowest BCUT2D eigenvalue weighted by Gasteiger charge is -2.03. The molecule has 3 aromatic rings. The van der Waals surface area contributed by atoms with Crippen molar-refractivity contribution in [3.05, 3.63) is 60.2 Å². The van der Waals surface area contributed by atoms with Gasteiger partial charge in [-0.3, -0.25) is 9.89 Å². The van der Waals surface area contributed by atoms with Crippen LogP contribution in [0, 0.1) is 0 Å². The van der Waals surface area contributed by atoms with Crippen LogP contribution in [0.5, 0.6) is 0 Å². The van der Waals surface area contributed by atoms with E-state index in [-0.39, 0.29) is 0 Å². The van der Waals surface area contributed by atoms with Crippen LogP contribution in [-0.2, 0) is 4.79 Å². The summed E-state index contributed by atoms with van der Waals surface area (Å²) in [6.07, 6.45) is 3.04. The summed E-state index contributed by atoms with van der Waals surface area (Å²) in [6, 6.07) is 15.7. The summed E-state index contributed by atoms with van der Waals surface area (Å²) in [5, 5.41) is 7.94. The number of H-pyrrole nitrogens is 1. The Hall–Kier alpha value is -2.39. The second kappa shape index (κ2) is 5.31. The van der Waals surface area contributed by atoms with E-state index in [0.29, 0.717) is 0 Å². The van der Waals surface area contributed by atoms with Gasteiger partial charge >= 0.3 is 0 Å². The molecule has 1 aromatic heterocycles. The quantitative estimate of drug-likeness (QED) is 0.583. The fraction of sp³-hybridized carbons (Fsp3) is 0. The Labute approximate surface area is 120 Å². The highest BCUT2D eigenvalue weighted by Gasteiger charge is 2.10. The van der Waals surface area contributed by atoms with Gasteiger partial charge in [0, 0.05) is 10.9 Å². The summed E-state index contributed by atoms with van der Waals surface area (Å²) in [4.78, 5) is 10.9.